The van der Waals surface area contributed by atoms with E-state index in [4.69, 9.17) is 0 Å². The monoisotopic (exact) mass is 260 g/mol. The number of nitrogens with zero attached hydrogens (tertiary/aromatic N) is 1. The molecule has 1 unspecified atom stereocenters. The van der Waals surface area contributed by atoms with Crippen LogP contribution in [-0.2, 0) is 12.8 Å². The summed E-state index contributed by atoms with van der Waals surface area (Å²) in [6, 6.07) is 7.55. The van der Waals surface area contributed by atoms with Crippen LogP contribution in [0.1, 0.15) is 44.7 Å². The van der Waals surface area contributed by atoms with Crippen molar-refractivity contribution >= 4 is 5.69 Å². The van der Waals surface area contributed by atoms with Crippen LogP contribution in [-0.4, -0.2) is 30.6 Å². The van der Waals surface area contributed by atoms with Crippen molar-refractivity contribution in [1.82, 2.24) is 4.90 Å². The summed E-state index contributed by atoms with van der Waals surface area (Å²) >= 11 is 0. The average Bonchev–Trinajstić information content (AvgIpc) is 2.78. The van der Waals surface area contributed by atoms with Gasteiger partial charge in [-0.3, -0.25) is 0 Å². The summed E-state index contributed by atoms with van der Waals surface area (Å²) < 4.78 is 0. The highest BCUT2D eigenvalue weighted by Gasteiger charge is 2.16. The Bertz CT molecular complexity index is 400. The minimum atomic E-state index is 0.599. The van der Waals surface area contributed by atoms with E-state index in [2.05, 4.69) is 49.2 Å². The summed E-state index contributed by atoms with van der Waals surface area (Å²) in [6.45, 7) is 10.4. The predicted molar refractivity (Wildman–Crippen MR) is 84.0 cm³/mol. The van der Waals surface area contributed by atoms with Crippen LogP contribution in [0.5, 0.6) is 0 Å². The lowest BCUT2D eigenvalue weighted by Crippen LogP contribution is -2.26. The molecule has 1 aliphatic heterocycles. The van der Waals surface area contributed by atoms with Gasteiger partial charge >= 0.3 is 0 Å². The molecule has 0 aromatic heterocycles. The third-order valence-electron chi connectivity index (χ3n) is 4.09. The fraction of sp³-hybridized carbons (Fsp3) is 0.647. The van der Waals surface area contributed by atoms with Crippen LogP contribution in [0.15, 0.2) is 18.2 Å². The molecule has 0 spiro atoms. The van der Waals surface area contributed by atoms with Crippen molar-refractivity contribution in [3.8, 4) is 0 Å². The zero-order valence-electron chi connectivity index (χ0n) is 12.7. The summed E-state index contributed by atoms with van der Waals surface area (Å²) in [5.74, 6) is 0. The quantitative estimate of drug-likeness (QED) is 0.804. The van der Waals surface area contributed by atoms with Crippen molar-refractivity contribution < 1.29 is 0 Å². The van der Waals surface area contributed by atoms with Crippen LogP contribution in [0.2, 0.25) is 0 Å². The van der Waals surface area contributed by atoms with Gasteiger partial charge in [-0.2, -0.15) is 0 Å². The minimum absolute atomic E-state index is 0.599. The SMILES string of the molecule is CCCCN(CC)CCc1ccc2c(c1)CC(C)N2. The van der Waals surface area contributed by atoms with Gasteiger partial charge in [0, 0.05) is 18.3 Å². The molecule has 19 heavy (non-hydrogen) atoms. The molecule has 1 heterocycles. The van der Waals surface area contributed by atoms with Crippen molar-refractivity contribution in [1.29, 1.82) is 0 Å². The first kappa shape index (κ1) is 14.4. The Morgan fingerprint density at radius 3 is 2.84 bits per heavy atom. The van der Waals surface area contributed by atoms with Crippen molar-refractivity contribution in [2.75, 3.05) is 25.0 Å². The average molecular weight is 260 g/mol. The van der Waals surface area contributed by atoms with Gasteiger partial charge < -0.3 is 10.2 Å². The second-order valence-corrected chi connectivity index (χ2v) is 5.78. The van der Waals surface area contributed by atoms with Gasteiger partial charge in [-0.25, -0.2) is 0 Å². The summed E-state index contributed by atoms with van der Waals surface area (Å²) in [6.07, 6.45) is 4.97. The molecule has 2 heteroatoms. The van der Waals surface area contributed by atoms with E-state index in [1.165, 1.54) is 62.1 Å². The molecule has 0 radical (unpaired) electrons. The molecule has 0 saturated heterocycles. The summed E-state index contributed by atoms with van der Waals surface area (Å²) in [4.78, 5) is 2.57. The zero-order chi connectivity index (χ0) is 13.7. The molecule has 106 valence electrons. The smallest absolute Gasteiger partial charge is 0.0375 e. The molecule has 1 atom stereocenters. The van der Waals surface area contributed by atoms with E-state index < -0.39 is 0 Å². The standard InChI is InChI=1S/C17H28N2/c1-4-6-10-19(5-2)11-9-15-7-8-17-16(13-15)12-14(3)18-17/h7-8,13-14,18H,4-6,9-12H2,1-3H3. The van der Waals surface area contributed by atoms with E-state index in [9.17, 15) is 0 Å². The highest BCUT2D eigenvalue weighted by molar-refractivity contribution is 5.57. The van der Waals surface area contributed by atoms with Crippen LogP contribution in [0.25, 0.3) is 0 Å². The molecular weight excluding hydrogens is 232 g/mol. The van der Waals surface area contributed by atoms with Gasteiger partial charge in [0.1, 0.15) is 0 Å². The molecule has 0 bridgehead atoms. The second-order valence-electron chi connectivity index (χ2n) is 5.78. The Morgan fingerprint density at radius 1 is 1.26 bits per heavy atom. The molecule has 0 fully saturated rings. The first-order valence-corrected chi connectivity index (χ1v) is 7.83. The fourth-order valence-corrected chi connectivity index (χ4v) is 2.86. The third-order valence-corrected chi connectivity index (χ3v) is 4.09. The molecule has 0 amide bonds. The van der Waals surface area contributed by atoms with Crippen LogP contribution in [0.3, 0.4) is 0 Å². The van der Waals surface area contributed by atoms with Gasteiger partial charge in [0.25, 0.3) is 0 Å². The van der Waals surface area contributed by atoms with E-state index in [1.807, 2.05) is 0 Å². The van der Waals surface area contributed by atoms with Gasteiger partial charge in [-0.15, -0.1) is 0 Å². The highest BCUT2D eigenvalue weighted by Crippen LogP contribution is 2.26. The molecule has 1 aromatic rings. The Kier molecular flexibility index (Phi) is 5.26. The lowest BCUT2D eigenvalue weighted by atomic mass is 10.0. The first-order chi connectivity index (χ1) is 9.22. The van der Waals surface area contributed by atoms with Gasteiger partial charge in [0.2, 0.25) is 0 Å². The van der Waals surface area contributed by atoms with E-state index in [0.29, 0.717) is 6.04 Å². The molecule has 0 aliphatic carbocycles. The van der Waals surface area contributed by atoms with E-state index in [1.54, 1.807) is 0 Å². The zero-order valence-corrected chi connectivity index (χ0v) is 12.7. The maximum absolute atomic E-state index is 3.52. The van der Waals surface area contributed by atoms with Gasteiger partial charge in [-0.05, 0) is 56.5 Å². The number of fused-ring (bicyclic) bond motifs is 1. The Hall–Kier alpha value is -1.02. The summed E-state index contributed by atoms with van der Waals surface area (Å²) in [5.41, 5.74) is 4.33. The fourth-order valence-electron chi connectivity index (χ4n) is 2.86. The molecular formula is C17H28N2. The van der Waals surface area contributed by atoms with Gasteiger partial charge in [0.15, 0.2) is 0 Å². The van der Waals surface area contributed by atoms with Crippen molar-refractivity contribution in [2.24, 2.45) is 0 Å². The number of benzene rings is 1. The molecule has 1 N–H and O–H groups in total. The number of hydrogen-bond donors (Lipinski definition) is 1. The van der Waals surface area contributed by atoms with Crippen LogP contribution in [0.4, 0.5) is 5.69 Å². The number of anilines is 1. The molecule has 2 rings (SSSR count). The van der Waals surface area contributed by atoms with E-state index in [-0.39, 0.29) is 0 Å². The largest absolute Gasteiger partial charge is 0.382 e. The van der Waals surface area contributed by atoms with Gasteiger partial charge in [0.05, 0.1) is 0 Å². The highest BCUT2D eigenvalue weighted by atomic mass is 15.1. The number of likely N-dealkylation sites (N-methyl/N-ethyl adjacent to an activating group) is 1. The Morgan fingerprint density at radius 2 is 2.11 bits per heavy atom. The van der Waals surface area contributed by atoms with Crippen molar-refractivity contribution in [2.45, 2.75) is 52.5 Å². The lowest BCUT2D eigenvalue weighted by Gasteiger charge is -2.20. The number of nitrogens with one attached hydrogen (secondary N) is 1. The Balaban J connectivity index is 1.88. The maximum atomic E-state index is 3.52. The van der Waals surface area contributed by atoms with Crippen molar-refractivity contribution in [3.63, 3.8) is 0 Å². The first-order valence-electron chi connectivity index (χ1n) is 7.83. The van der Waals surface area contributed by atoms with Crippen LogP contribution >= 0.6 is 0 Å². The minimum Gasteiger partial charge on any atom is -0.382 e. The van der Waals surface area contributed by atoms with E-state index >= 15 is 0 Å². The molecule has 0 saturated carbocycles. The number of hydrogen-bond acceptors (Lipinski definition) is 2. The number of unbranched alkanes of at least 4 members (excludes halogenated alkanes) is 1. The molecule has 1 aliphatic rings. The molecule has 2 nitrogen and oxygen atoms in total. The second kappa shape index (κ2) is 6.95. The third kappa shape index (κ3) is 3.97. The molecule has 1 aromatic carbocycles. The normalized spacial score (nSPS) is 17.6. The number of rotatable bonds is 7. The lowest BCUT2D eigenvalue weighted by molar-refractivity contribution is 0.287. The maximum Gasteiger partial charge on any atom is 0.0375 e. The van der Waals surface area contributed by atoms with Gasteiger partial charge in [-0.1, -0.05) is 32.4 Å². The summed E-state index contributed by atoms with van der Waals surface area (Å²) in [5, 5.41) is 3.52. The van der Waals surface area contributed by atoms with Crippen LogP contribution in [0, 0.1) is 0 Å². The topological polar surface area (TPSA) is 15.3 Å². The van der Waals surface area contributed by atoms with Crippen LogP contribution < -0.4 is 5.32 Å². The van der Waals surface area contributed by atoms with E-state index in [0.717, 1.165) is 0 Å². The Labute approximate surface area is 118 Å². The predicted octanol–water partition coefficient (Wildman–Crippen LogP) is 3.71. The summed E-state index contributed by atoms with van der Waals surface area (Å²) in [7, 11) is 0. The van der Waals surface area contributed by atoms with Crippen molar-refractivity contribution in [3.05, 3.63) is 29.3 Å².